The number of benzene rings is 2. The standard InChI is InChI=1S/C20H23I2N/c1-2-3-4-5-6-7-12-23-19-10-8-15(21)13-17(19)18-14-16(22)9-11-20(18)23/h8-11,13-14H,2-7,12H2,1H3. The number of unbranched alkanes of at least 4 members (excludes halogenated alkanes) is 5. The van der Waals surface area contributed by atoms with Gasteiger partial charge in [-0.2, -0.15) is 0 Å². The molecule has 1 heterocycles. The van der Waals surface area contributed by atoms with E-state index in [1.165, 1.54) is 67.5 Å². The van der Waals surface area contributed by atoms with Crippen LogP contribution in [0.5, 0.6) is 0 Å². The van der Waals surface area contributed by atoms with Gasteiger partial charge >= 0.3 is 0 Å². The van der Waals surface area contributed by atoms with Crippen LogP contribution in [0, 0.1) is 7.14 Å². The molecular formula is C20H23I2N. The number of nitrogens with zero attached hydrogens (tertiary/aromatic N) is 1. The fourth-order valence-electron chi connectivity index (χ4n) is 3.34. The minimum Gasteiger partial charge on any atom is -0.340 e. The highest BCUT2D eigenvalue weighted by atomic mass is 127. The van der Waals surface area contributed by atoms with Crippen molar-refractivity contribution in [2.75, 3.05) is 0 Å². The lowest BCUT2D eigenvalue weighted by Gasteiger charge is -2.07. The normalized spacial score (nSPS) is 11.6. The van der Waals surface area contributed by atoms with Gasteiger partial charge in [0.25, 0.3) is 0 Å². The van der Waals surface area contributed by atoms with Gasteiger partial charge in [0.2, 0.25) is 0 Å². The maximum Gasteiger partial charge on any atom is 0.0492 e. The van der Waals surface area contributed by atoms with Crippen LogP contribution in [0.4, 0.5) is 0 Å². The molecule has 1 aromatic heterocycles. The van der Waals surface area contributed by atoms with Crippen LogP contribution in [0.3, 0.4) is 0 Å². The molecule has 1 nitrogen and oxygen atoms in total. The maximum atomic E-state index is 2.52. The van der Waals surface area contributed by atoms with Gasteiger partial charge in [-0.05, 0) is 88.0 Å². The Morgan fingerprint density at radius 3 is 1.83 bits per heavy atom. The van der Waals surface area contributed by atoms with Gasteiger partial charge < -0.3 is 4.57 Å². The molecule has 23 heavy (non-hydrogen) atoms. The molecule has 0 atom stereocenters. The van der Waals surface area contributed by atoms with E-state index in [0.29, 0.717) is 0 Å². The number of rotatable bonds is 7. The summed E-state index contributed by atoms with van der Waals surface area (Å²) < 4.78 is 5.15. The first kappa shape index (κ1) is 17.5. The number of aromatic nitrogens is 1. The summed E-state index contributed by atoms with van der Waals surface area (Å²) in [6.07, 6.45) is 8.09. The Balaban J connectivity index is 1.88. The van der Waals surface area contributed by atoms with Crippen LogP contribution in [0.25, 0.3) is 21.8 Å². The summed E-state index contributed by atoms with van der Waals surface area (Å²) in [5, 5.41) is 2.80. The summed E-state index contributed by atoms with van der Waals surface area (Å²) in [5.41, 5.74) is 2.77. The summed E-state index contributed by atoms with van der Waals surface area (Å²) >= 11 is 4.83. The topological polar surface area (TPSA) is 4.93 Å². The van der Waals surface area contributed by atoms with E-state index in [-0.39, 0.29) is 0 Å². The second kappa shape index (κ2) is 8.19. The molecule has 3 aromatic rings. The lowest BCUT2D eigenvalue weighted by atomic mass is 10.1. The average molecular weight is 531 g/mol. The van der Waals surface area contributed by atoms with Gasteiger partial charge in [-0.3, -0.25) is 0 Å². The minimum absolute atomic E-state index is 1.13. The largest absolute Gasteiger partial charge is 0.340 e. The molecule has 3 rings (SSSR count). The molecule has 0 unspecified atom stereocenters. The zero-order chi connectivity index (χ0) is 16.2. The third-order valence-corrected chi connectivity index (χ3v) is 5.87. The molecule has 0 radical (unpaired) electrons. The molecular weight excluding hydrogens is 508 g/mol. The van der Waals surface area contributed by atoms with Crippen molar-refractivity contribution in [2.45, 2.75) is 52.0 Å². The number of hydrogen-bond donors (Lipinski definition) is 0. The lowest BCUT2D eigenvalue weighted by Crippen LogP contribution is -1.97. The molecule has 122 valence electrons. The van der Waals surface area contributed by atoms with Gasteiger partial charge in [0.1, 0.15) is 0 Å². The van der Waals surface area contributed by atoms with Crippen LogP contribution in [-0.4, -0.2) is 4.57 Å². The van der Waals surface area contributed by atoms with Crippen molar-refractivity contribution in [3.05, 3.63) is 43.5 Å². The third kappa shape index (κ3) is 4.03. The SMILES string of the molecule is CCCCCCCCn1c2ccc(I)cc2c2cc(I)ccc21. The van der Waals surface area contributed by atoms with Gasteiger partial charge in [-0.15, -0.1) is 0 Å². The summed E-state index contributed by atoms with van der Waals surface area (Å²) in [5.74, 6) is 0. The molecule has 0 saturated heterocycles. The summed E-state index contributed by atoms with van der Waals surface area (Å²) in [4.78, 5) is 0. The fourth-order valence-corrected chi connectivity index (χ4v) is 4.32. The molecule has 0 aliphatic carbocycles. The molecule has 2 aromatic carbocycles. The van der Waals surface area contributed by atoms with Crippen LogP contribution < -0.4 is 0 Å². The van der Waals surface area contributed by atoms with E-state index in [2.05, 4.69) is 93.1 Å². The predicted octanol–water partition coefficient (Wildman–Crippen LogP) is 7.36. The maximum absolute atomic E-state index is 2.52. The number of fused-ring (bicyclic) bond motifs is 3. The molecule has 0 bridgehead atoms. The Bertz CT molecular complexity index is 745. The Kier molecular flexibility index (Phi) is 6.24. The number of hydrogen-bond acceptors (Lipinski definition) is 0. The van der Waals surface area contributed by atoms with Crippen molar-refractivity contribution in [1.82, 2.24) is 4.57 Å². The number of halogens is 2. The van der Waals surface area contributed by atoms with Gasteiger partial charge in [0.15, 0.2) is 0 Å². The fraction of sp³-hybridized carbons (Fsp3) is 0.400. The van der Waals surface area contributed by atoms with Crippen molar-refractivity contribution >= 4 is 67.0 Å². The second-order valence-corrected chi connectivity index (χ2v) is 8.73. The van der Waals surface area contributed by atoms with E-state index < -0.39 is 0 Å². The van der Waals surface area contributed by atoms with Crippen LogP contribution in [-0.2, 0) is 6.54 Å². The van der Waals surface area contributed by atoms with Gasteiger partial charge in [0.05, 0.1) is 0 Å². The van der Waals surface area contributed by atoms with E-state index in [9.17, 15) is 0 Å². The first-order valence-electron chi connectivity index (χ1n) is 8.57. The molecule has 0 fully saturated rings. The van der Waals surface area contributed by atoms with Gasteiger partial charge in [-0.25, -0.2) is 0 Å². The first-order chi connectivity index (χ1) is 11.2. The Labute approximate surface area is 166 Å². The van der Waals surface area contributed by atoms with E-state index in [1.54, 1.807) is 0 Å². The molecule has 0 amide bonds. The highest BCUT2D eigenvalue weighted by Crippen LogP contribution is 2.31. The predicted molar refractivity (Wildman–Crippen MR) is 118 cm³/mol. The summed E-state index contributed by atoms with van der Waals surface area (Å²) in [7, 11) is 0. The monoisotopic (exact) mass is 531 g/mol. The van der Waals surface area contributed by atoms with Crippen molar-refractivity contribution in [2.24, 2.45) is 0 Å². The van der Waals surface area contributed by atoms with Crippen LogP contribution >= 0.6 is 45.2 Å². The minimum atomic E-state index is 1.13. The third-order valence-electron chi connectivity index (χ3n) is 4.52. The molecule has 0 aliphatic rings. The molecule has 3 heteroatoms. The highest BCUT2D eigenvalue weighted by molar-refractivity contribution is 14.1. The molecule has 0 saturated carbocycles. The van der Waals surface area contributed by atoms with Crippen LogP contribution in [0.2, 0.25) is 0 Å². The van der Waals surface area contributed by atoms with Crippen LogP contribution in [0.1, 0.15) is 45.4 Å². The Morgan fingerprint density at radius 1 is 0.739 bits per heavy atom. The molecule has 0 spiro atoms. The summed E-state index contributed by atoms with van der Waals surface area (Å²) in [6.45, 7) is 3.41. The van der Waals surface area contributed by atoms with E-state index >= 15 is 0 Å². The zero-order valence-corrected chi connectivity index (χ0v) is 17.9. The summed E-state index contributed by atoms with van der Waals surface area (Å²) in [6, 6.07) is 13.7. The van der Waals surface area contributed by atoms with Crippen LogP contribution in [0.15, 0.2) is 36.4 Å². The zero-order valence-electron chi connectivity index (χ0n) is 13.6. The smallest absolute Gasteiger partial charge is 0.0492 e. The highest BCUT2D eigenvalue weighted by Gasteiger charge is 2.11. The second-order valence-electron chi connectivity index (χ2n) is 6.24. The molecule has 0 N–H and O–H groups in total. The lowest BCUT2D eigenvalue weighted by molar-refractivity contribution is 0.571. The van der Waals surface area contributed by atoms with Crippen molar-refractivity contribution in [1.29, 1.82) is 0 Å². The Morgan fingerprint density at radius 2 is 1.26 bits per heavy atom. The van der Waals surface area contributed by atoms with Crippen molar-refractivity contribution in [3.63, 3.8) is 0 Å². The number of aryl methyl sites for hydroxylation is 1. The van der Waals surface area contributed by atoms with Gasteiger partial charge in [0, 0.05) is 35.5 Å². The quantitative estimate of drug-likeness (QED) is 0.222. The van der Waals surface area contributed by atoms with E-state index in [4.69, 9.17) is 0 Å². The van der Waals surface area contributed by atoms with Gasteiger partial charge in [-0.1, -0.05) is 39.0 Å². The van der Waals surface area contributed by atoms with E-state index in [0.717, 1.165) is 6.54 Å². The molecule has 0 aliphatic heterocycles. The first-order valence-corrected chi connectivity index (χ1v) is 10.7. The van der Waals surface area contributed by atoms with Crippen molar-refractivity contribution < 1.29 is 0 Å². The average Bonchev–Trinajstić information content (AvgIpc) is 2.83. The van der Waals surface area contributed by atoms with Crippen molar-refractivity contribution in [3.8, 4) is 0 Å². The Hall–Kier alpha value is -0.300. The van der Waals surface area contributed by atoms with E-state index in [1.807, 2.05) is 0 Å².